The van der Waals surface area contributed by atoms with E-state index in [9.17, 15) is 4.79 Å². The third kappa shape index (κ3) is 1.88. The first-order chi connectivity index (χ1) is 7.05. The molecule has 82 valence electrons. The van der Waals surface area contributed by atoms with Crippen molar-refractivity contribution >= 4 is 5.91 Å². The van der Waals surface area contributed by atoms with E-state index in [1.165, 1.54) is 7.11 Å². The summed E-state index contributed by atoms with van der Waals surface area (Å²) in [7, 11) is 1.51. The molecule has 0 heterocycles. The van der Waals surface area contributed by atoms with Crippen LogP contribution in [0.4, 0.5) is 0 Å². The highest BCUT2D eigenvalue weighted by Crippen LogP contribution is 2.32. The predicted molar refractivity (Wildman–Crippen MR) is 59.2 cm³/mol. The number of rotatable bonds is 4. The van der Waals surface area contributed by atoms with E-state index in [4.69, 9.17) is 10.5 Å². The summed E-state index contributed by atoms with van der Waals surface area (Å²) in [5.41, 5.74) is 5.23. The van der Waals surface area contributed by atoms with Crippen LogP contribution >= 0.6 is 0 Å². The summed E-state index contributed by atoms with van der Waals surface area (Å²) in [5, 5.41) is 0. The van der Waals surface area contributed by atoms with Crippen molar-refractivity contribution in [1.82, 2.24) is 0 Å². The van der Waals surface area contributed by atoms with Crippen molar-refractivity contribution in [3.63, 3.8) is 0 Å². The molecular weight excluding hydrogens is 190 g/mol. The maximum Gasteiger partial charge on any atom is 0.254 e. The average Bonchev–Trinajstić information content (AvgIpc) is 2.20. The number of hydrogen-bond acceptors (Lipinski definition) is 2. The van der Waals surface area contributed by atoms with Gasteiger partial charge in [0.05, 0.1) is 0 Å². The van der Waals surface area contributed by atoms with Gasteiger partial charge < -0.3 is 10.5 Å². The number of benzene rings is 1. The van der Waals surface area contributed by atoms with E-state index in [0.717, 1.165) is 5.56 Å². The second kappa shape index (κ2) is 4.45. The SMILES string of the molecule is COC(C(N)=O)(c1ccccc1)C(C)C. The Morgan fingerprint density at radius 3 is 2.20 bits per heavy atom. The number of methoxy groups -OCH3 is 1. The summed E-state index contributed by atoms with van der Waals surface area (Å²) in [4.78, 5) is 11.6. The summed E-state index contributed by atoms with van der Waals surface area (Å²) in [6, 6.07) is 9.34. The van der Waals surface area contributed by atoms with Crippen molar-refractivity contribution in [3.8, 4) is 0 Å². The Kier molecular flexibility index (Phi) is 3.48. The van der Waals surface area contributed by atoms with Gasteiger partial charge in [-0.25, -0.2) is 0 Å². The monoisotopic (exact) mass is 207 g/mol. The van der Waals surface area contributed by atoms with Gasteiger partial charge in [0.2, 0.25) is 0 Å². The Labute approximate surface area is 90.2 Å². The van der Waals surface area contributed by atoms with Gasteiger partial charge >= 0.3 is 0 Å². The molecule has 15 heavy (non-hydrogen) atoms. The normalized spacial score (nSPS) is 14.9. The van der Waals surface area contributed by atoms with Crippen molar-refractivity contribution in [2.24, 2.45) is 11.7 Å². The predicted octanol–water partition coefficient (Wildman–Crippen LogP) is 1.67. The minimum Gasteiger partial charge on any atom is -0.367 e. The van der Waals surface area contributed by atoms with Gasteiger partial charge in [-0.3, -0.25) is 4.79 Å². The summed E-state index contributed by atoms with van der Waals surface area (Å²) in [6.07, 6.45) is 0. The van der Waals surface area contributed by atoms with Gasteiger partial charge in [-0.2, -0.15) is 0 Å². The Hall–Kier alpha value is -1.35. The molecule has 0 bridgehead atoms. The number of amides is 1. The zero-order chi connectivity index (χ0) is 11.5. The molecule has 0 fully saturated rings. The third-order valence-electron chi connectivity index (χ3n) is 2.70. The van der Waals surface area contributed by atoms with Crippen LogP contribution in [0.25, 0.3) is 0 Å². The number of nitrogens with two attached hydrogens (primary N) is 1. The number of primary amides is 1. The molecular formula is C12H17NO2. The molecule has 0 spiro atoms. The summed E-state index contributed by atoms with van der Waals surface area (Å²) in [6.45, 7) is 3.84. The molecule has 0 aliphatic heterocycles. The van der Waals surface area contributed by atoms with Crippen LogP contribution in [0.15, 0.2) is 30.3 Å². The molecule has 1 unspecified atom stereocenters. The lowest BCUT2D eigenvalue weighted by molar-refractivity contribution is -0.147. The molecule has 1 atom stereocenters. The zero-order valence-electron chi connectivity index (χ0n) is 9.36. The van der Waals surface area contributed by atoms with Gasteiger partial charge in [0.15, 0.2) is 5.60 Å². The average molecular weight is 207 g/mol. The number of carbonyl (C=O) groups excluding carboxylic acids is 1. The van der Waals surface area contributed by atoms with Crippen LogP contribution in [-0.2, 0) is 15.1 Å². The Morgan fingerprint density at radius 1 is 1.33 bits per heavy atom. The molecule has 0 aliphatic rings. The van der Waals surface area contributed by atoms with Crippen LogP contribution in [-0.4, -0.2) is 13.0 Å². The maximum absolute atomic E-state index is 11.6. The Balaban J connectivity index is 3.28. The first-order valence-electron chi connectivity index (χ1n) is 4.96. The lowest BCUT2D eigenvalue weighted by atomic mass is 9.82. The molecule has 3 nitrogen and oxygen atoms in total. The molecule has 1 aromatic carbocycles. The minimum atomic E-state index is -1.03. The highest BCUT2D eigenvalue weighted by molar-refractivity contribution is 5.85. The fourth-order valence-corrected chi connectivity index (χ4v) is 1.90. The molecule has 3 heteroatoms. The van der Waals surface area contributed by atoms with Gasteiger partial charge in [0.25, 0.3) is 5.91 Å². The second-order valence-corrected chi connectivity index (χ2v) is 3.82. The molecule has 0 aromatic heterocycles. The van der Waals surface area contributed by atoms with Crippen LogP contribution in [0.1, 0.15) is 19.4 Å². The Morgan fingerprint density at radius 2 is 1.87 bits per heavy atom. The molecule has 1 rings (SSSR count). The molecule has 1 aromatic rings. The molecule has 0 aliphatic carbocycles. The fraction of sp³-hybridized carbons (Fsp3) is 0.417. The third-order valence-corrected chi connectivity index (χ3v) is 2.70. The van der Waals surface area contributed by atoms with E-state index in [2.05, 4.69) is 0 Å². The smallest absolute Gasteiger partial charge is 0.254 e. The van der Waals surface area contributed by atoms with Crippen molar-refractivity contribution < 1.29 is 9.53 Å². The van der Waals surface area contributed by atoms with Gasteiger partial charge in [0.1, 0.15) is 0 Å². The van der Waals surface area contributed by atoms with Crippen LogP contribution in [0.2, 0.25) is 0 Å². The van der Waals surface area contributed by atoms with Crippen LogP contribution in [0, 0.1) is 5.92 Å². The van der Waals surface area contributed by atoms with Crippen molar-refractivity contribution in [2.45, 2.75) is 19.4 Å². The first kappa shape index (κ1) is 11.7. The van der Waals surface area contributed by atoms with E-state index in [1.807, 2.05) is 44.2 Å². The number of hydrogen-bond donors (Lipinski definition) is 1. The van der Waals surface area contributed by atoms with E-state index >= 15 is 0 Å². The van der Waals surface area contributed by atoms with Crippen molar-refractivity contribution in [2.75, 3.05) is 7.11 Å². The number of carbonyl (C=O) groups is 1. The molecule has 2 N–H and O–H groups in total. The topological polar surface area (TPSA) is 52.3 Å². The van der Waals surface area contributed by atoms with E-state index in [-0.39, 0.29) is 5.92 Å². The minimum absolute atomic E-state index is 0.0117. The van der Waals surface area contributed by atoms with Crippen molar-refractivity contribution in [3.05, 3.63) is 35.9 Å². The largest absolute Gasteiger partial charge is 0.367 e. The standard InChI is InChI=1S/C12H17NO2/c1-9(2)12(15-3,11(13)14)10-7-5-4-6-8-10/h4-9H,1-3H3,(H2,13,14). The lowest BCUT2D eigenvalue weighted by Crippen LogP contribution is -2.47. The number of ether oxygens (including phenoxy) is 1. The second-order valence-electron chi connectivity index (χ2n) is 3.82. The van der Waals surface area contributed by atoms with Crippen molar-refractivity contribution in [1.29, 1.82) is 0 Å². The maximum atomic E-state index is 11.6. The fourth-order valence-electron chi connectivity index (χ4n) is 1.90. The van der Waals surface area contributed by atoms with Gasteiger partial charge in [0, 0.05) is 7.11 Å². The highest BCUT2D eigenvalue weighted by Gasteiger charge is 2.41. The van der Waals surface area contributed by atoms with Gasteiger partial charge in [-0.05, 0) is 11.5 Å². The van der Waals surface area contributed by atoms with Crippen LogP contribution in [0.3, 0.4) is 0 Å². The quantitative estimate of drug-likeness (QED) is 0.816. The van der Waals surface area contributed by atoms with E-state index < -0.39 is 11.5 Å². The van der Waals surface area contributed by atoms with Gasteiger partial charge in [-0.15, -0.1) is 0 Å². The van der Waals surface area contributed by atoms with Crippen LogP contribution < -0.4 is 5.73 Å². The highest BCUT2D eigenvalue weighted by atomic mass is 16.5. The molecule has 0 saturated carbocycles. The van der Waals surface area contributed by atoms with E-state index in [1.54, 1.807) is 0 Å². The zero-order valence-corrected chi connectivity index (χ0v) is 9.36. The lowest BCUT2D eigenvalue weighted by Gasteiger charge is -2.33. The summed E-state index contributed by atoms with van der Waals surface area (Å²) < 4.78 is 5.37. The molecule has 1 amide bonds. The Bertz CT molecular complexity index is 335. The molecule has 0 saturated heterocycles. The first-order valence-corrected chi connectivity index (χ1v) is 4.96. The van der Waals surface area contributed by atoms with Gasteiger partial charge in [-0.1, -0.05) is 44.2 Å². The summed E-state index contributed by atoms with van der Waals surface area (Å²) >= 11 is 0. The van der Waals surface area contributed by atoms with E-state index in [0.29, 0.717) is 0 Å². The molecule has 0 radical (unpaired) electrons. The van der Waals surface area contributed by atoms with Crippen LogP contribution in [0.5, 0.6) is 0 Å². The summed E-state index contributed by atoms with van der Waals surface area (Å²) in [5.74, 6) is -0.464.